The minimum Gasteiger partial charge on any atom is -0.491 e. The number of carbonyl (C=O) groups is 1. The molecule has 0 saturated carbocycles. The molecule has 1 N–H and O–H groups in total. The van der Waals surface area contributed by atoms with Crippen LogP contribution in [0, 0.1) is 0 Å². The summed E-state index contributed by atoms with van der Waals surface area (Å²) >= 11 is 0. The summed E-state index contributed by atoms with van der Waals surface area (Å²) in [6, 6.07) is 8.02. The predicted molar refractivity (Wildman–Crippen MR) is 86.5 cm³/mol. The second-order valence-electron chi connectivity index (χ2n) is 5.27. The van der Waals surface area contributed by atoms with E-state index < -0.39 is 0 Å². The van der Waals surface area contributed by atoms with Gasteiger partial charge in [-0.3, -0.25) is 4.79 Å². The monoisotopic (exact) mass is 292 g/mol. The Hall–Kier alpha value is -1.55. The molecule has 1 aromatic rings. The van der Waals surface area contributed by atoms with Gasteiger partial charge in [0.2, 0.25) is 5.91 Å². The molecule has 0 spiro atoms. The number of carbonyl (C=O) groups excluding carboxylic acids is 1. The van der Waals surface area contributed by atoms with Gasteiger partial charge in [-0.05, 0) is 33.8 Å². The van der Waals surface area contributed by atoms with Gasteiger partial charge in [0, 0.05) is 38.2 Å². The second kappa shape index (κ2) is 9.40. The van der Waals surface area contributed by atoms with Gasteiger partial charge in [-0.25, -0.2) is 0 Å². The van der Waals surface area contributed by atoms with Crippen molar-refractivity contribution in [2.24, 2.45) is 0 Å². The number of para-hydroxylation sites is 1. The van der Waals surface area contributed by atoms with Crippen molar-refractivity contribution < 1.29 is 9.53 Å². The molecule has 21 heavy (non-hydrogen) atoms. The maximum atomic E-state index is 11.9. The number of amides is 1. The Morgan fingerprint density at radius 1 is 1.24 bits per heavy atom. The highest BCUT2D eigenvalue weighted by Gasteiger charge is 2.09. The first-order chi connectivity index (χ1) is 10.1. The molecule has 0 saturated heterocycles. The fraction of sp³-hybridized carbons (Fsp3) is 0.588. The van der Waals surface area contributed by atoms with Crippen molar-refractivity contribution in [3.63, 3.8) is 0 Å². The number of nitrogens with zero attached hydrogens (tertiary/aromatic N) is 1. The van der Waals surface area contributed by atoms with E-state index in [-0.39, 0.29) is 12.0 Å². The molecule has 0 unspecified atom stereocenters. The van der Waals surface area contributed by atoms with Gasteiger partial charge in [0.05, 0.1) is 6.10 Å². The number of ether oxygens (including phenoxy) is 1. The van der Waals surface area contributed by atoms with E-state index >= 15 is 0 Å². The van der Waals surface area contributed by atoms with Crippen LogP contribution in [0.15, 0.2) is 24.3 Å². The first-order valence-electron chi connectivity index (χ1n) is 7.81. The highest BCUT2D eigenvalue weighted by atomic mass is 16.5. The van der Waals surface area contributed by atoms with Gasteiger partial charge in [0.25, 0.3) is 0 Å². The summed E-state index contributed by atoms with van der Waals surface area (Å²) in [5, 5.41) is 3.32. The van der Waals surface area contributed by atoms with Gasteiger partial charge in [0.15, 0.2) is 0 Å². The SMILES string of the molecule is CCN(CC)C(=O)CCNCc1ccccc1OC(C)C. The van der Waals surface area contributed by atoms with Crippen LogP contribution in [0.25, 0.3) is 0 Å². The molecule has 1 aromatic carbocycles. The molecule has 0 fully saturated rings. The van der Waals surface area contributed by atoms with Gasteiger partial charge in [-0.1, -0.05) is 18.2 Å². The lowest BCUT2D eigenvalue weighted by molar-refractivity contribution is -0.130. The molecule has 0 aliphatic heterocycles. The Bertz CT molecular complexity index is 429. The van der Waals surface area contributed by atoms with E-state index in [4.69, 9.17) is 4.74 Å². The number of hydrogen-bond donors (Lipinski definition) is 1. The van der Waals surface area contributed by atoms with E-state index in [1.165, 1.54) is 0 Å². The van der Waals surface area contributed by atoms with Gasteiger partial charge in [0.1, 0.15) is 5.75 Å². The van der Waals surface area contributed by atoms with Crippen molar-refractivity contribution in [3.05, 3.63) is 29.8 Å². The van der Waals surface area contributed by atoms with Crippen LogP contribution in [0.1, 0.15) is 39.7 Å². The summed E-state index contributed by atoms with van der Waals surface area (Å²) < 4.78 is 5.78. The number of nitrogens with one attached hydrogen (secondary N) is 1. The third kappa shape index (κ3) is 6.17. The average Bonchev–Trinajstić information content (AvgIpc) is 2.46. The molecular weight excluding hydrogens is 264 g/mol. The van der Waals surface area contributed by atoms with Crippen molar-refractivity contribution in [3.8, 4) is 5.75 Å². The van der Waals surface area contributed by atoms with Crippen LogP contribution in [0.3, 0.4) is 0 Å². The molecule has 0 atom stereocenters. The van der Waals surface area contributed by atoms with E-state index in [2.05, 4.69) is 11.4 Å². The van der Waals surface area contributed by atoms with Crippen LogP contribution in [-0.2, 0) is 11.3 Å². The largest absolute Gasteiger partial charge is 0.491 e. The molecule has 0 bridgehead atoms. The Morgan fingerprint density at radius 2 is 1.90 bits per heavy atom. The molecule has 1 rings (SSSR count). The van der Waals surface area contributed by atoms with E-state index in [1.807, 2.05) is 50.8 Å². The normalized spacial score (nSPS) is 10.7. The van der Waals surface area contributed by atoms with Crippen LogP contribution in [0.5, 0.6) is 5.75 Å². The first-order valence-corrected chi connectivity index (χ1v) is 7.81. The smallest absolute Gasteiger partial charge is 0.223 e. The Balaban J connectivity index is 2.41. The van der Waals surface area contributed by atoms with Gasteiger partial charge in [-0.2, -0.15) is 0 Å². The summed E-state index contributed by atoms with van der Waals surface area (Å²) in [6.45, 7) is 11.0. The van der Waals surface area contributed by atoms with Crippen molar-refractivity contribution in [2.45, 2.75) is 46.8 Å². The summed E-state index contributed by atoms with van der Waals surface area (Å²) in [5.74, 6) is 1.12. The molecule has 4 heteroatoms. The quantitative estimate of drug-likeness (QED) is 0.712. The van der Waals surface area contributed by atoms with Gasteiger partial charge in [-0.15, -0.1) is 0 Å². The second-order valence-corrected chi connectivity index (χ2v) is 5.27. The topological polar surface area (TPSA) is 41.6 Å². The molecule has 0 aliphatic rings. The molecule has 0 heterocycles. The molecule has 0 aliphatic carbocycles. The third-order valence-corrected chi connectivity index (χ3v) is 3.28. The van der Waals surface area contributed by atoms with Gasteiger partial charge >= 0.3 is 0 Å². The third-order valence-electron chi connectivity index (χ3n) is 3.28. The fourth-order valence-electron chi connectivity index (χ4n) is 2.17. The highest BCUT2D eigenvalue weighted by Crippen LogP contribution is 2.18. The Labute approximate surface area is 128 Å². The average molecular weight is 292 g/mol. The summed E-state index contributed by atoms with van der Waals surface area (Å²) in [5.41, 5.74) is 1.13. The van der Waals surface area contributed by atoms with Crippen LogP contribution >= 0.6 is 0 Å². The molecule has 1 amide bonds. The molecule has 4 nitrogen and oxygen atoms in total. The van der Waals surface area contributed by atoms with E-state index in [9.17, 15) is 4.79 Å². The van der Waals surface area contributed by atoms with Crippen molar-refractivity contribution >= 4 is 5.91 Å². The standard InChI is InChI=1S/C17H28N2O2/c1-5-19(6-2)17(20)11-12-18-13-15-9-7-8-10-16(15)21-14(3)4/h7-10,14,18H,5-6,11-13H2,1-4H3. The zero-order chi connectivity index (χ0) is 15.7. The number of benzene rings is 1. The van der Waals surface area contributed by atoms with Crippen LogP contribution < -0.4 is 10.1 Å². The summed E-state index contributed by atoms with van der Waals surface area (Å²) in [6.07, 6.45) is 0.699. The van der Waals surface area contributed by atoms with Crippen molar-refractivity contribution in [1.29, 1.82) is 0 Å². The number of rotatable bonds is 9. The maximum absolute atomic E-state index is 11.9. The zero-order valence-electron chi connectivity index (χ0n) is 13.7. The van der Waals surface area contributed by atoms with Crippen LogP contribution in [-0.4, -0.2) is 36.5 Å². The molecule has 0 aromatic heterocycles. The fourth-order valence-corrected chi connectivity index (χ4v) is 2.17. The maximum Gasteiger partial charge on any atom is 0.223 e. The lowest BCUT2D eigenvalue weighted by atomic mass is 10.2. The molecule has 0 radical (unpaired) electrons. The lowest BCUT2D eigenvalue weighted by Gasteiger charge is -2.19. The van der Waals surface area contributed by atoms with Crippen molar-refractivity contribution in [1.82, 2.24) is 10.2 Å². The minimum absolute atomic E-state index is 0.162. The van der Waals surface area contributed by atoms with Crippen LogP contribution in [0.4, 0.5) is 0 Å². The predicted octanol–water partition coefficient (Wildman–Crippen LogP) is 2.82. The highest BCUT2D eigenvalue weighted by molar-refractivity contribution is 5.76. The van der Waals surface area contributed by atoms with E-state index in [0.29, 0.717) is 19.5 Å². The zero-order valence-corrected chi connectivity index (χ0v) is 13.7. The van der Waals surface area contributed by atoms with Crippen molar-refractivity contribution in [2.75, 3.05) is 19.6 Å². The summed E-state index contributed by atoms with van der Waals surface area (Å²) in [4.78, 5) is 13.7. The first kappa shape index (κ1) is 17.5. The molecule has 118 valence electrons. The molecular formula is C17H28N2O2. The van der Waals surface area contributed by atoms with Gasteiger partial charge < -0.3 is 15.0 Å². The Morgan fingerprint density at radius 3 is 2.52 bits per heavy atom. The minimum atomic E-state index is 0.162. The van der Waals surface area contributed by atoms with E-state index in [1.54, 1.807) is 0 Å². The lowest BCUT2D eigenvalue weighted by Crippen LogP contribution is -2.32. The number of hydrogen-bond acceptors (Lipinski definition) is 3. The Kier molecular flexibility index (Phi) is 7.83. The van der Waals surface area contributed by atoms with Crippen LogP contribution in [0.2, 0.25) is 0 Å². The summed E-state index contributed by atoms with van der Waals surface area (Å²) in [7, 11) is 0. The van der Waals surface area contributed by atoms with E-state index in [0.717, 1.165) is 24.4 Å².